The van der Waals surface area contributed by atoms with E-state index in [1.807, 2.05) is 0 Å². The Morgan fingerprint density at radius 1 is 1.12 bits per heavy atom. The van der Waals surface area contributed by atoms with Gasteiger partial charge in [-0.2, -0.15) is 22.0 Å². The summed E-state index contributed by atoms with van der Waals surface area (Å²) in [6, 6.07) is 7.59. The van der Waals surface area contributed by atoms with E-state index in [1.54, 1.807) is 26.2 Å². The number of alkyl halides is 5. The van der Waals surface area contributed by atoms with Crippen LogP contribution in [0.4, 0.5) is 27.8 Å². The number of amides is 2. The lowest BCUT2D eigenvalue weighted by atomic mass is 9.80. The molecule has 226 valence electrons. The minimum atomic E-state index is -4.97. The number of hydrogen-bond donors (Lipinski definition) is 0. The molecular formula is C28H34ClF5N4O3. The zero-order valence-electron chi connectivity index (χ0n) is 23.3. The summed E-state index contributed by atoms with van der Waals surface area (Å²) in [6.07, 6.45) is -2.10. The second-order valence-electron chi connectivity index (χ2n) is 10.5. The van der Waals surface area contributed by atoms with Crippen molar-refractivity contribution in [3.05, 3.63) is 52.7 Å². The summed E-state index contributed by atoms with van der Waals surface area (Å²) in [7, 11) is 4.58. The maximum Gasteiger partial charge on any atom is 0.406 e. The second kappa shape index (κ2) is 13.2. The fourth-order valence-electron chi connectivity index (χ4n) is 4.94. The Hall–Kier alpha value is -3.15. The molecule has 0 spiro atoms. The first-order valence-electron chi connectivity index (χ1n) is 13.2. The van der Waals surface area contributed by atoms with E-state index in [9.17, 15) is 31.5 Å². The molecule has 1 aliphatic rings. The molecule has 0 radical (unpaired) electrons. The van der Waals surface area contributed by atoms with Crippen molar-refractivity contribution in [3.63, 3.8) is 0 Å². The van der Waals surface area contributed by atoms with E-state index in [-0.39, 0.29) is 17.6 Å². The minimum absolute atomic E-state index is 0.108. The standard InChI is InChI=1S/C28H34ClF5N4O3/c1-27(28(32,33)34,19-8-5-9-20(17-19)41-26(30)31)25(40)37(4)14-6-7-18-12-15-38(16-13-18)22-11-10-21(23(29)35-22)24(39)36(2)3/h5,8-11,17-18,26H,6-7,12-16H2,1-4H3/t27-/m1/s1. The average Bonchev–Trinajstić information content (AvgIpc) is 2.91. The molecule has 1 atom stereocenters. The third-order valence-electron chi connectivity index (χ3n) is 7.49. The van der Waals surface area contributed by atoms with Crippen molar-refractivity contribution in [2.24, 2.45) is 5.92 Å². The van der Waals surface area contributed by atoms with E-state index in [4.69, 9.17) is 11.6 Å². The highest BCUT2D eigenvalue weighted by molar-refractivity contribution is 6.32. The molecule has 2 heterocycles. The number of carbonyl (C=O) groups is 2. The van der Waals surface area contributed by atoms with Gasteiger partial charge < -0.3 is 19.4 Å². The van der Waals surface area contributed by atoms with Gasteiger partial charge in [0.2, 0.25) is 5.91 Å². The fraction of sp³-hybridized carbons (Fsp3) is 0.536. The highest BCUT2D eigenvalue weighted by atomic mass is 35.5. The van der Waals surface area contributed by atoms with Crippen molar-refractivity contribution in [1.82, 2.24) is 14.8 Å². The molecule has 41 heavy (non-hydrogen) atoms. The number of hydrogen-bond acceptors (Lipinski definition) is 5. The largest absolute Gasteiger partial charge is 0.435 e. The summed E-state index contributed by atoms with van der Waals surface area (Å²) in [5, 5.41) is 0.134. The lowest BCUT2D eigenvalue weighted by molar-refractivity contribution is -0.196. The number of aromatic nitrogens is 1. The van der Waals surface area contributed by atoms with Crippen LogP contribution in [0.25, 0.3) is 0 Å². The van der Waals surface area contributed by atoms with Crippen LogP contribution in [0.15, 0.2) is 36.4 Å². The Kier molecular flexibility index (Phi) is 10.4. The summed E-state index contributed by atoms with van der Waals surface area (Å²) in [4.78, 5) is 34.2. The highest BCUT2D eigenvalue weighted by Gasteiger charge is 2.58. The summed E-state index contributed by atoms with van der Waals surface area (Å²) in [5.41, 5.74) is -3.08. The smallest absolute Gasteiger partial charge is 0.406 e. The molecule has 1 fully saturated rings. The van der Waals surface area contributed by atoms with Crippen LogP contribution in [0, 0.1) is 5.92 Å². The average molecular weight is 605 g/mol. The molecule has 13 heteroatoms. The number of likely N-dealkylation sites (N-methyl/N-ethyl adjacent to an activating group) is 1. The van der Waals surface area contributed by atoms with Crippen LogP contribution in [-0.4, -0.2) is 80.2 Å². The number of rotatable bonds is 10. The van der Waals surface area contributed by atoms with E-state index in [1.165, 1.54) is 11.9 Å². The van der Waals surface area contributed by atoms with Crippen LogP contribution < -0.4 is 9.64 Å². The normalized spacial score (nSPS) is 15.9. The SMILES string of the molecule is CN(C)C(=O)c1ccc(N2CCC(CCCN(C)C(=O)[C@@](C)(c3cccc(OC(F)F)c3)C(F)(F)F)CC2)nc1Cl. The van der Waals surface area contributed by atoms with E-state index < -0.39 is 35.4 Å². The topological polar surface area (TPSA) is 66.0 Å². The number of carbonyl (C=O) groups excluding carboxylic acids is 2. The number of benzene rings is 1. The molecule has 0 saturated carbocycles. The molecule has 2 aromatic rings. The van der Waals surface area contributed by atoms with Crippen LogP contribution in [0.1, 0.15) is 48.5 Å². The monoisotopic (exact) mass is 604 g/mol. The molecule has 7 nitrogen and oxygen atoms in total. The lowest BCUT2D eigenvalue weighted by Crippen LogP contribution is -2.53. The van der Waals surface area contributed by atoms with Crippen LogP contribution in [0.3, 0.4) is 0 Å². The van der Waals surface area contributed by atoms with Gasteiger partial charge in [0.05, 0.1) is 5.56 Å². The maximum atomic E-state index is 14.2. The number of ether oxygens (including phenoxy) is 1. The van der Waals surface area contributed by atoms with Crippen molar-refractivity contribution < 1.29 is 36.3 Å². The zero-order valence-corrected chi connectivity index (χ0v) is 24.1. The Morgan fingerprint density at radius 2 is 1.78 bits per heavy atom. The summed E-state index contributed by atoms with van der Waals surface area (Å²) < 4.78 is 72.2. The van der Waals surface area contributed by atoms with Gasteiger partial charge in [-0.05, 0) is 68.4 Å². The Bertz CT molecular complexity index is 1220. The third-order valence-corrected chi connectivity index (χ3v) is 7.78. The first-order valence-corrected chi connectivity index (χ1v) is 13.5. The molecule has 1 aliphatic heterocycles. The second-order valence-corrected chi connectivity index (χ2v) is 10.9. The van der Waals surface area contributed by atoms with Gasteiger partial charge in [0.15, 0.2) is 5.41 Å². The quantitative estimate of drug-likeness (QED) is 0.245. The molecule has 0 bridgehead atoms. The first-order chi connectivity index (χ1) is 19.1. The predicted molar refractivity (Wildman–Crippen MR) is 146 cm³/mol. The van der Waals surface area contributed by atoms with Gasteiger partial charge in [0.1, 0.15) is 16.7 Å². The Balaban J connectivity index is 1.56. The van der Waals surface area contributed by atoms with Crippen LogP contribution >= 0.6 is 11.6 Å². The number of nitrogens with zero attached hydrogens (tertiary/aromatic N) is 4. The van der Waals surface area contributed by atoms with Crippen LogP contribution in [0.2, 0.25) is 5.15 Å². The Morgan fingerprint density at radius 3 is 2.34 bits per heavy atom. The molecule has 3 rings (SSSR count). The van der Waals surface area contributed by atoms with Gasteiger partial charge >= 0.3 is 12.8 Å². The van der Waals surface area contributed by atoms with Gasteiger partial charge in [0.25, 0.3) is 5.91 Å². The molecular weight excluding hydrogens is 571 g/mol. The lowest BCUT2D eigenvalue weighted by Gasteiger charge is -2.35. The van der Waals surface area contributed by atoms with Gasteiger partial charge in [-0.15, -0.1) is 0 Å². The van der Waals surface area contributed by atoms with E-state index in [0.29, 0.717) is 36.8 Å². The van der Waals surface area contributed by atoms with E-state index in [0.717, 1.165) is 55.4 Å². The van der Waals surface area contributed by atoms with Crippen molar-refractivity contribution in [3.8, 4) is 5.75 Å². The fourth-order valence-corrected chi connectivity index (χ4v) is 5.17. The molecule has 1 aromatic heterocycles. The number of anilines is 1. The molecule has 0 aliphatic carbocycles. The van der Waals surface area contributed by atoms with Gasteiger partial charge in [-0.1, -0.05) is 23.7 Å². The summed E-state index contributed by atoms with van der Waals surface area (Å²) in [6.45, 7) is -0.941. The zero-order chi connectivity index (χ0) is 30.5. The summed E-state index contributed by atoms with van der Waals surface area (Å²) >= 11 is 6.24. The van der Waals surface area contributed by atoms with Gasteiger partial charge in [0, 0.05) is 40.8 Å². The third kappa shape index (κ3) is 7.58. The minimum Gasteiger partial charge on any atom is -0.435 e. The summed E-state index contributed by atoms with van der Waals surface area (Å²) in [5.74, 6) is -0.875. The molecule has 0 N–H and O–H groups in total. The van der Waals surface area contributed by atoms with E-state index in [2.05, 4.69) is 14.6 Å². The van der Waals surface area contributed by atoms with Crippen LogP contribution in [-0.2, 0) is 10.2 Å². The molecule has 2 amide bonds. The van der Waals surface area contributed by atoms with Gasteiger partial charge in [-0.25, -0.2) is 4.98 Å². The van der Waals surface area contributed by atoms with Crippen molar-refractivity contribution >= 4 is 29.2 Å². The molecule has 0 unspecified atom stereocenters. The highest BCUT2D eigenvalue weighted by Crippen LogP contribution is 2.43. The van der Waals surface area contributed by atoms with Crippen molar-refractivity contribution in [2.45, 2.75) is 50.8 Å². The van der Waals surface area contributed by atoms with Gasteiger partial charge in [-0.3, -0.25) is 9.59 Å². The van der Waals surface area contributed by atoms with Crippen LogP contribution in [0.5, 0.6) is 5.75 Å². The molecule has 1 saturated heterocycles. The molecule has 1 aromatic carbocycles. The number of pyridine rings is 1. The number of halogens is 6. The van der Waals surface area contributed by atoms with Crippen molar-refractivity contribution in [1.29, 1.82) is 0 Å². The van der Waals surface area contributed by atoms with E-state index >= 15 is 0 Å². The first kappa shape index (κ1) is 32.4. The van der Waals surface area contributed by atoms with Crippen molar-refractivity contribution in [2.75, 3.05) is 45.7 Å². The predicted octanol–water partition coefficient (Wildman–Crippen LogP) is 6.01. The number of piperidine rings is 1. The Labute approximate surface area is 241 Å². The maximum absolute atomic E-state index is 14.2.